The van der Waals surface area contributed by atoms with Crippen LogP contribution in [-0.2, 0) is 13.1 Å². The van der Waals surface area contributed by atoms with Crippen molar-refractivity contribution in [1.82, 2.24) is 10.6 Å². The van der Waals surface area contributed by atoms with Crippen molar-refractivity contribution in [3.05, 3.63) is 69.3 Å². The molecule has 0 heterocycles. The van der Waals surface area contributed by atoms with Crippen LogP contribution in [0, 0.1) is 17.0 Å². The van der Waals surface area contributed by atoms with E-state index in [1.807, 2.05) is 39.0 Å². The van der Waals surface area contributed by atoms with E-state index in [2.05, 4.69) is 15.6 Å². The lowest BCUT2D eigenvalue weighted by Crippen LogP contribution is -2.36. The van der Waals surface area contributed by atoms with Crippen molar-refractivity contribution in [3.8, 4) is 5.75 Å². The summed E-state index contributed by atoms with van der Waals surface area (Å²) in [4.78, 5) is 15.4. The molecule has 0 unspecified atom stereocenters. The van der Waals surface area contributed by atoms with Gasteiger partial charge in [-0.2, -0.15) is 0 Å². The highest BCUT2D eigenvalue weighted by molar-refractivity contribution is 14.0. The van der Waals surface area contributed by atoms with Crippen LogP contribution < -0.4 is 15.4 Å². The second-order valence-corrected chi connectivity index (χ2v) is 5.98. The number of guanidine groups is 1. The zero-order valence-electron chi connectivity index (χ0n) is 16.4. The Labute approximate surface area is 182 Å². The summed E-state index contributed by atoms with van der Waals surface area (Å²) in [6.45, 7) is 7.99. The second kappa shape index (κ2) is 12.2. The van der Waals surface area contributed by atoms with Gasteiger partial charge in [0.05, 0.1) is 18.1 Å². The molecule has 0 spiro atoms. The molecular weight excluding hydrogens is 471 g/mol. The topological polar surface area (TPSA) is 88.8 Å². The first-order valence-corrected chi connectivity index (χ1v) is 9.02. The Balaban J connectivity index is 0.00000392. The van der Waals surface area contributed by atoms with Crippen molar-refractivity contribution in [2.75, 3.05) is 13.2 Å². The van der Waals surface area contributed by atoms with E-state index in [-0.39, 0.29) is 34.6 Å². The summed E-state index contributed by atoms with van der Waals surface area (Å²) < 4.78 is 5.70. The van der Waals surface area contributed by atoms with Gasteiger partial charge in [-0.3, -0.25) is 10.1 Å². The maximum absolute atomic E-state index is 11.1. The quantitative estimate of drug-likeness (QED) is 0.188. The van der Waals surface area contributed by atoms with Crippen LogP contribution >= 0.6 is 24.0 Å². The first-order valence-electron chi connectivity index (χ1n) is 9.02. The summed E-state index contributed by atoms with van der Waals surface area (Å²) >= 11 is 0. The first kappa shape index (κ1) is 23.7. The minimum atomic E-state index is -0.373. The molecule has 7 nitrogen and oxygen atoms in total. The summed E-state index contributed by atoms with van der Waals surface area (Å²) in [5, 5.41) is 17.5. The van der Waals surface area contributed by atoms with E-state index in [1.54, 1.807) is 18.2 Å². The van der Waals surface area contributed by atoms with Gasteiger partial charge in [0.15, 0.2) is 5.96 Å². The highest BCUT2D eigenvalue weighted by atomic mass is 127. The van der Waals surface area contributed by atoms with Crippen LogP contribution in [0.4, 0.5) is 5.69 Å². The molecule has 0 aliphatic rings. The fourth-order valence-electron chi connectivity index (χ4n) is 2.61. The van der Waals surface area contributed by atoms with Crippen LogP contribution in [0.5, 0.6) is 5.75 Å². The van der Waals surface area contributed by atoms with Crippen LogP contribution in [0.1, 0.15) is 30.5 Å². The lowest BCUT2D eigenvalue weighted by Gasteiger charge is -2.13. The number of hydrogen-bond acceptors (Lipinski definition) is 4. The monoisotopic (exact) mass is 498 g/mol. The van der Waals surface area contributed by atoms with Gasteiger partial charge in [-0.15, -0.1) is 24.0 Å². The van der Waals surface area contributed by atoms with E-state index in [0.29, 0.717) is 37.8 Å². The first-order chi connectivity index (χ1) is 13.0. The maximum Gasteiger partial charge on any atom is 0.274 e. The van der Waals surface area contributed by atoms with Gasteiger partial charge in [0.2, 0.25) is 0 Å². The summed E-state index contributed by atoms with van der Waals surface area (Å²) in [5.74, 6) is 1.43. The van der Waals surface area contributed by atoms with Crippen molar-refractivity contribution in [3.63, 3.8) is 0 Å². The van der Waals surface area contributed by atoms with Gasteiger partial charge in [-0.25, -0.2) is 4.99 Å². The molecule has 0 atom stereocenters. The molecule has 0 bridgehead atoms. The highest BCUT2D eigenvalue weighted by Crippen LogP contribution is 2.21. The van der Waals surface area contributed by atoms with Gasteiger partial charge in [-0.1, -0.05) is 30.3 Å². The third kappa shape index (κ3) is 6.99. The normalized spacial score (nSPS) is 10.8. The zero-order chi connectivity index (χ0) is 19.6. The number of nitro groups is 1. The summed E-state index contributed by atoms with van der Waals surface area (Å²) in [6.07, 6.45) is 0. The molecule has 2 rings (SSSR count). The number of rotatable bonds is 8. The van der Waals surface area contributed by atoms with E-state index >= 15 is 0 Å². The SMILES string of the molecule is CCNC(=NCc1ccc(C)cc1OCC)NCc1ccccc1[N+](=O)[O-].I. The Hall–Kier alpha value is -2.36. The minimum absolute atomic E-state index is 0. The molecule has 0 saturated carbocycles. The van der Waals surface area contributed by atoms with E-state index in [9.17, 15) is 10.1 Å². The summed E-state index contributed by atoms with van der Waals surface area (Å²) in [7, 11) is 0. The number of halogens is 1. The molecule has 0 aromatic heterocycles. The fourth-order valence-corrected chi connectivity index (χ4v) is 2.61. The number of aryl methyl sites for hydroxylation is 1. The lowest BCUT2D eigenvalue weighted by molar-refractivity contribution is -0.385. The second-order valence-electron chi connectivity index (χ2n) is 5.98. The molecule has 0 aliphatic carbocycles. The number of ether oxygens (including phenoxy) is 1. The highest BCUT2D eigenvalue weighted by Gasteiger charge is 2.12. The molecule has 152 valence electrons. The van der Waals surface area contributed by atoms with Crippen LogP contribution in [0.15, 0.2) is 47.5 Å². The van der Waals surface area contributed by atoms with Crippen molar-refractivity contribution < 1.29 is 9.66 Å². The molecule has 0 fully saturated rings. The van der Waals surface area contributed by atoms with E-state index in [0.717, 1.165) is 16.9 Å². The third-order valence-corrected chi connectivity index (χ3v) is 3.91. The van der Waals surface area contributed by atoms with Crippen LogP contribution in [0.3, 0.4) is 0 Å². The molecule has 2 aromatic rings. The average molecular weight is 498 g/mol. The summed E-state index contributed by atoms with van der Waals surface area (Å²) in [5.41, 5.74) is 2.83. The number of nitrogens with one attached hydrogen (secondary N) is 2. The van der Waals surface area contributed by atoms with E-state index in [4.69, 9.17) is 4.74 Å². The van der Waals surface area contributed by atoms with Gasteiger partial charge in [0.25, 0.3) is 5.69 Å². The molecule has 2 aromatic carbocycles. The maximum atomic E-state index is 11.1. The smallest absolute Gasteiger partial charge is 0.274 e. The average Bonchev–Trinajstić information content (AvgIpc) is 2.65. The van der Waals surface area contributed by atoms with E-state index in [1.165, 1.54) is 6.07 Å². The van der Waals surface area contributed by atoms with Crippen molar-refractivity contribution in [2.24, 2.45) is 4.99 Å². The van der Waals surface area contributed by atoms with Gasteiger partial charge in [-0.05, 0) is 32.4 Å². The number of nitrogens with zero attached hydrogens (tertiary/aromatic N) is 2. The van der Waals surface area contributed by atoms with Crippen molar-refractivity contribution in [2.45, 2.75) is 33.9 Å². The number of nitro benzene ring substituents is 1. The Kier molecular flexibility index (Phi) is 10.3. The van der Waals surface area contributed by atoms with Gasteiger partial charge >= 0.3 is 0 Å². The Morgan fingerprint density at radius 2 is 1.89 bits per heavy atom. The summed E-state index contributed by atoms with van der Waals surface area (Å²) in [6, 6.07) is 12.7. The van der Waals surface area contributed by atoms with Crippen LogP contribution in [0.2, 0.25) is 0 Å². The molecule has 2 N–H and O–H groups in total. The Morgan fingerprint density at radius 1 is 1.14 bits per heavy atom. The van der Waals surface area contributed by atoms with Crippen LogP contribution in [0.25, 0.3) is 0 Å². The largest absolute Gasteiger partial charge is 0.494 e. The molecule has 0 amide bonds. The standard InChI is InChI=1S/C20H26N4O3.HI/c1-4-21-20(22-13-16-8-6-7-9-18(16)24(25)26)23-14-17-11-10-15(3)12-19(17)27-5-2;/h6-12H,4-5,13-14H2,1-3H3,(H2,21,22,23);1H. The molecule has 0 aliphatic heterocycles. The lowest BCUT2D eigenvalue weighted by atomic mass is 10.1. The molecular formula is C20H27IN4O3. The Bertz CT molecular complexity index is 812. The molecule has 28 heavy (non-hydrogen) atoms. The third-order valence-electron chi connectivity index (χ3n) is 3.91. The van der Waals surface area contributed by atoms with Gasteiger partial charge in [0, 0.05) is 30.3 Å². The minimum Gasteiger partial charge on any atom is -0.494 e. The predicted molar refractivity (Wildman–Crippen MR) is 123 cm³/mol. The Morgan fingerprint density at radius 3 is 2.57 bits per heavy atom. The van der Waals surface area contributed by atoms with Gasteiger partial charge < -0.3 is 15.4 Å². The molecule has 0 radical (unpaired) electrons. The van der Waals surface area contributed by atoms with E-state index < -0.39 is 0 Å². The number of aliphatic imine (C=N–C) groups is 1. The molecule has 8 heteroatoms. The number of para-hydroxylation sites is 1. The zero-order valence-corrected chi connectivity index (χ0v) is 18.7. The number of hydrogen-bond donors (Lipinski definition) is 2. The fraction of sp³-hybridized carbons (Fsp3) is 0.350. The number of benzene rings is 2. The predicted octanol–water partition coefficient (Wildman–Crippen LogP) is 4.18. The molecule has 0 saturated heterocycles. The van der Waals surface area contributed by atoms with Crippen LogP contribution in [-0.4, -0.2) is 24.0 Å². The van der Waals surface area contributed by atoms with Crippen molar-refractivity contribution in [1.29, 1.82) is 0 Å². The van der Waals surface area contributed by atoms with Gasteiger partial charge in [0.1, 0.15) is 5.75 Å². The van der Waals surface area contributed by atoms with Crippen molar-refractivity contribution >= 4 is 35.6 Å².